The van der Waals surface area contributed by atoms with Crippen LogP contribution < -0.4 is 5.32 Å². The maximum absolute atomic E-state index is 11.8. The molecule has 2 aromatic rings. The molecule has 18 heavy (non-hydrogen) atoms. The minimum Gasteiger partial charge on any atom is -0.324 e. The molecule has 2 rings (SSSR count). The number of anilines is 2. The highest BCUT2D eigenvalue weighted by molar-refractivity contribution is 5.95. The number of ketones is 1. The van der Waals surface area contributed by atoms with Gasteiger partial charge in [-0.25, -0.2) is 9.97 Å². The molecule has 1 aromatic heterocycles. The van der Waals surface area contributed by atoms with Gasteiger partial charge in [-0.05, 0) is 18.2 Å². The minimum atomic E-state index is -0.0653. The Morgan fingerprint density at radius 1 is 1.17 bits per heavy atom. The predicted octanol–water partition coefficient (Wildman–Crippen LogP) is 3.06. The van der Waals surface area contributed by atoms with Crippen LogP contribution in [0.2, 0.25) is 0 Å². The van der Waals surface area contributed by atoms with E-state index in [-0.39, 0.29) is 11.7 Å². The summed E-state index contributed by atoms with van der Waals surface area (Å²) in [6, 6.07) is 11.3. The number of Topliss-reactive ketones (excluding diaryl/α,β-unsaturated/α-hetero) is 1. The summed E-state index contributed by atoms with van der Waals surface area (Å²) in [5.41, 5.74) is 1.34. The van der Waals surface area contributed by atoms with Crippen LogP contribution in [0.25, 0.3) is 0 Å². The number of hydrogen-bond donors (Lipinski definition) is 1. The number of benzene rings is 1. The molecule has 4 nitrogen and oxygen atoms in total. The van der Waals surface area contributed by atoms with Crippen LogP contribution >= 0.6 is 0 Å². The first kappa shape index (κ1) is 12.2. The quantitative estimate of drug-likeness (QED) is 0.836. The zero-order valence-corrected chi connectivity index (χ0v) is 10.4. The van der Waals surface area contributed by atoms with Crippen molar-refractivity contribution in [3.63, 3.8) is 0 Å². The van der Waals surface area contributed by atoms with Gasteiger partial charge < -0.3 is 5.32 Å². The van der Waals surface area contributed by atoms with E-state index in [1.54, 1.807) is 12.3 Å². The SMILES string of the molecule is CC(C)C(=O)c1ccnc(Nc2ccccc2)n1. The average Bonchev–Trinajstić information content (AvgIpc) is 2.39. The number of para-hydroxylation sites is 1. The summed E-state index contributed by atoms with van der Waals surface area (Å²) in [4.78, 5) is 20.2. The van der Waals surface area contributed by atoms with Gasteiger partial charge in [0.25, 0.3) is 0 Å². The van der Waals surface area contributed by atoms with Gasteiger partial charge >= 0.3 is 0 Å². The molecule has 0 aliphatic rings. The van der Waals surface area contributed by atoms with Crippen LogP contribution in [0.5, 0.6) is 0 Å². The fourth-order valence-corrected chi connectivity index (χ4v) is 1.50. The molecule has 0 amide bonds. The summed E-state index contributed by atoms with van der Waals surface area (Å²) >= 11 is 0. The summed E-state index contributed by atoms with van der Waals surface area (Å²) < 4.78 is 0. The number of carbonyl (C=O) groups is 1. The van der Waals surface area contributed by atoms with Gasteiger partial charge in [-0.15, -0.1) is 0 Å². The zero-order valence-electron chi connectivity index (χ0n) is 10.4. The van der Waals surface area contributed by atoms with Crippen LogP contribution in [-0.4, -0.2) is 15.8 Å². The van der Waals surface area contributed by atoms with Crippen molar-refractivity contribution in [2.24, 2.45) is 5.92 Å². The summed E-state index contributed by atoms with van der Waals surface area (Å²) in [6.07, 6.45) is 1.59. The van der Waals surface area contributed by atoms with Gasteiger partial charge in [-0.2, -0.15) is 0 Å². The van der Waals surface area contributed by atoms with E-state index in [4.69, 9.17) is 0 Å². The van der Waals surface area contributed by atoms with Crippen molar-refractivity contribution in [3.8, 4) is 0 Å². The molecule has 0 fully saturated rings. The van der Waals surface area contributed by atoms with Crippen molar-refractivity contribution in [2.75, 3.05) is 5.32 Å². The smallest absolute Gasteiger partial charge is 0.227 e. The Balaban J connectivity index is 2.20. The van der Waals surface area contributed by atoms with E-state index in [1.807, 2.05) is 44.2 Å². The summed E-state index contributed by atoms with van der Waals surface area (Å²) in [7, 11) is 0. The maximum atomic E-state index is 11.8. The van der Waals surface area contributed by atoms with Crippen molar-refractivity contribution in [2.45, 2.75) is 13.8 Å². The maximum Gasteiger partial charge on any atom is 0.227 e. The largest absolute Gasteiger partial charge is 0.324 e. The van der Waals surface area contributed by atoms with E-state index in [0.717, 1.165) is 5.69 Å². The van der Waals surface area contributed by atoms with Gasteiger partial charge in [0.1, 0.15) is 5.69 Å². The number of nitrogens with zero attached hydrogens (tertiary/aromatic N) is 2. The van der Waals surface area contributed by atoms with Crippen molar-refractivity contribution in [3.05, 3.63) is 48.3 Å². The highest BCUT2D eigenvalue weighted by atomic mass is 16.1. The molecular weight excluding hydrogens is 226 g/mol. The molecular formula is C14H15N3O. The molecule has 0 unspecified atom stereocenters. The third-order valence-corrected chi connectivity index (χ3v) is 2.46. The Kier molecular flexibility index (Phi) is 3.67. The Hall–Kier alpha value is -2.23. The van der Waals surface area contributed by atoms with Crippen LogP contribution in [0.3, 0.4) is 0 Å². The number of nitrogens with one attached hydrogen (secondary N) is 1. The molecule has 0 aliphatic heterocycles. The fraction of sp³-hybridized carbons (Fsp3) is 0.214. The van der Waals surface area contributed by atoms with Crippen molar-refractivity contribution in [1.29, 1.82) is 0 Å². The lowest BCUT2D eigenvalue weighted by atomic mass is 10.1. The molecule has 0 bridgehead atoms. The van der Waals surface area contributed by atoms with Crippen LogP contribution in [0.1, 0.15) is 24.3 Å². The van der Waals surface area contributed by atoms with Crippen molar-refractivity contribution in [1.82, 2.24) is 9.97 Å². The normalized spacial score (nSPS) is 10.4. The molecule has 1 aromatic carbocycles. The van der Waals surface area contributed by atoms with E-state index < -0.39 is 0 Å². The predicted molar refractivity (Wildman–Crippen MR) is 70.9 cm³/mol. The summed E-state index contributed by atoms with van der Waals surface area (Å²) in [5, 5.41) is 3.06. The van der Waals surface area contributed by atoms with E-state index in [9.17, 15) is 4.79 Å². The van der Waals surface area contributed by atoms with Crippen LogP contribution in [-0.2, 0) is 0 Å². The molecule has 0 saturated carbocycles. The van der Waals surface area contributed by atoms with Gasteiger partial charge in [-0.1, -0.05) is 32.0 Å². The third-order valence-electron chi connectivity index (χ3n) is 2.46. The number of aromatic nitrogens is 2. The molecule has 1 N–H and O–H groups in total. The average molecular weight is 241 g/mol. The van der Waals surface area contributed by atoms with E-state index >= 15 is 0 Å². The Morgan fingerprint density at radius 3 is 2.56 bits per heavy atom. The Bertz CT molecular complexity index is 538. The lowest BCUT2D eigenvalue weighted by Crippen LogP contribution is -2.11. The van der Waals surface area contributed by atoms with Gasteiger partial charge in [0.15, 0.2) is 5.78 Å². The minimum absolute atomic E-state index is 0.0218. The van der Waals surface area contributed by atoms with Crippen LogP contribution in [0.15, 0.2) is 42.6 Å². The summed E-state index contributed by atoms with van der Waals surface area (Å²) in [5.74, 6) is 0.394. The monoisotopic (exact) mass is 241 g/mol. The first-order valence-corrected chi connectivity index (χ1v) is 5.86. The Labute approximate surface area is 106 Å². The lowest BCUT2D eigenvalue weighted by Gasteiger charge is -2.07. The first-order chi connectivity index (χ1) is 8.66. The van der Waals surface area contributed by atoms with Gasteiger partial charge in [0.05, 0.1) is 0 Å². The Morgan fingerprint density at radius 2 is 1.89 bits per heavy atom. The number of hydrogen-bond acceptors (Lipinski definition) is 4. The van der Waals surface area contributed by atoms with E-state index in [2.05, 4.69) is 15.3 Å². The lowest BCUT2D eigenvalue weighted by molar-refractivity contribution is 0.0934. The zero-order chi connectivity index (χ0) is 13.0. The fourth-order valence-electron chi connectivity index (χ4n) is 1.50. The van der Waals surface area contributed by atoms with Gasteiger partial charge in [0.2, 0.25) is 5.95 Å². The van der Waals surface area contributed by atoms with E-state index in [0.29, 0.717) is 11.6 Å². The second kappa shape index (κ2) is 5.40. The second-order valence-electron chi connectivity index (χ2n) is 4.28. The van der Waals surface area contributed by atoms with Crippen molar-refractivity contribution < 1.29 is 4.79 Å². The summed E-state index contributed by atoms with van der Waals surface area (Å²) in [6.45, 7) is 3.71. The highest BCUT2D eigenvalue weighted by Crippen LogP contribution is 2.13. The molecule has 1 heterocycles. The van der Waals surface area contributed by atoms with Crippen molar-refractivity contribution >= 4 is 17.4 Å². The molecule has 0 atom stereocenters. The van der Waals surface area contributed by atoms with Gasteiger partial charge in [0, 0.05) is 17.8 Å². The van der Waals surface area contributed by atoms with Gasteiger partial charge in [-0.3, -0.25) is 4.79 Å². The molecule has 0 radical (unpaired) electrons. The molecule has 0 aliphatic carbocycles. The molecule has 0 saturated heterocycles. The highest BCUT2D eigenvalue weighted by Gasteiger charge is 2.12. The van der Waals surface area contributed by atoms with Crippen LogP contribution in [0.4, 0.5) is 11.6 Å². The standard InChI is InChI=1S/C14H15N3O/c1-10(2)13(18)12-8-9-15-14(17-12)16-11-6-4-3-5-7-11/h3-10H,1-2H3,(H,15,16,17). The molecule has 92 valence electrons. The number of rotatable bonds is 4. The number of carbonyl (C=O) groups excluding carboxylic acids is 1. The second-order valence-corrected chi connectivity index (χ2v) is 4.28. The van der Waals surface area contributed by atoms with Crippen LogP contribution in [0, 0.1) is 5.92 Å². The first-order valence-electron chi connectivity index (χ1n) is 5.86. The third kappa shape index (κ3) is 2.91. The molecule has 4 heteroatoms. The topological polar surface area (TPSA) is 54.9 Å². The molecule has 0 spiro atoms. The van der Waals surface area contributed by atoms with E-state index in [1.165, 1.54) is 0 Å².